The van der Waals surface area contributed by atoms with E-state index in [0.29, 0.717) is 40.7 Å². The number of hydrogen-bond acceptors (Lipinski definition) is 4. The van der Waals surface area contributed by atoms with E-state index in [0.717, 1.165) is 12.0 Å². The molecule has 0 aliphatic carbocycles. The molecular weight excluding hydrogens is 435 g/mol. The quantitative estimate of drug-likeness (QED) is 0.690. The molecule has 0 saturated carbocycles. The Balaban J connectivity index is 1.91. The molecule has 0 spiro atoms. The summed E-state index contributed by atoms with van der Waals surface area (Å²) >= 11 is 12.3. The highest BCUT2D eigenvalue weighted by Crippen LogP contribution is 2.32. The molecule has 0 bridgehead atoms. The minimum absolute atomic E-state index is 0.138. The van der Waals surface area contributed by atoms with Gasteiger partial charge in [0.15, 0.2) is 0 Å². The van der Waals surface area contributed by atoms with Crippen molar-refractivity contribution in [2.45, 2.75) is 37.1 Å². The number of methoxy groups -OCH3 is 1. The van der Waals surface area contributed by atoms with E-state index < -0.39 is 22.2 Å². The number of carbonyl (C=O) groups is 1. The van der Waals surface area contributed by atoms with E-state index in [1.54, 1.807) is 30.3 Å². The van der Waals surface area contributed by atoms with E-state index >= 15 is 0 Å². The van der Waals surface area contributed by atoms with Crippen LogP contribution in [-0.4, -0.2) is 28.2 Å². The number of nitrogens with one attached hydrogen (secondary N) is 1. The lowest BCUT2D eigenvalue weighted by Crippen LogP contribution is -2.35. The van der Waals surface area contributed by atoms with Gasteiger partial charge in [-0.25, -0.2) is 17.9 Å². The summed E-state index contributed by atoms with van der Waals surface area (Å²) in [5.41, 5.74) is 2.09. The zero-order chi connectivity index (χ0) is 21.2. The van der Waals surface area contributed by atoms with E-state index in [1.165, 1.54) is 18.1 Å². The van der Waals surface area contributed by atoms with Crippen molar-refractivity contribution >= 4 is 45.0 Å². The largest absolute Gasteiger partial charge is 0.452 e. The van der Waals surface area contributed by atoms with Crippen LogP contribution in [0.15, 0.2) is 41.3 Å². The number of ether oxygens (including phenoxy) is 1. The molecule has 156 valence electrons. The van der Waals surface area contributed by atoms with Crippen molar-refractivity contribution in [2.24, 2.45) is 0 Å². The highest BCUT2D eigenvalue weighted by Gasteiger charge is 2.27. The second-order valence-corrected chi connectivity index (χ2v) is 9.32. The summed E-state index contributed by atoms with van der Waals surface area (Å²) in [6, 6.07) is 9.21. The van der Waals surface area contributed by atoms with Gasteiger partial charge in [-0.1, -0.05) is 30.1 Å². The summed E-state index contributed by atoms with van der Waals surface area (Å²) in [6.07, 6.45) is 1.46. The molecule has 1 unspecified atom stereocenters. The number of rotatable bonds is 5. The minimum atomic E-state index is -3.81. The molecule has 1 atom stereocenters. The zero-order valence-electron chi connectivity index (χ0n) is 16.1. The maximum atomic E-state index is 13.0. The number of fused-ring (bicyclic) bond motifs is 1. The van der Waals surface area contributed by atoms with Gasteiger partial charge in [-0.3, -0.25) is 4.90 Å². The highest BCUT2D eigenvalue weighted by atomic mass is 35.5. The fourth-order valence-electron chi connectivity index (χ4n) is 3.44. The summed E-state index contributed by atoms with van der Waals surface area (Å²) in [6.45, 7) is 2.40. The van der Waals surface area contributed by atoms with Crippen molar-refractivity contribution in [1.82, 2.24) is 4.72 Å². The van der Waals surface area contributed by atoms with Gasteiger partial charge < -0.3 is 4.74 Å². The maximum Gasteiger partial charge on any atom is 0.414 e. The van der Waals surface area contributed by atoms with Crippen molar-refractivity contribution in [3.8, 4) is 0 Å². The fraction of sp³-hybridized carbons (Fsp3) is 0.350. The molecule has 1 N–H and O–H groups in total. The average Bonchev–Trinajstić information content (AvgIpc) is 2.72. The number of benzene rings is 2. The van der Waals surface area contributed by atoms with Crippen LogP contribution in [0.2, 0.25) is 10.0 Å². The highest BCUT2D eigenvalue weighted by molar-refractivity contribution is 7.89. The van der Waals surface area contributed by atoms with E-state index in [-0.39, 0.29) is 4.90 Å². The summed E-state index contributed by atoms with van der Waals surface area (Å²) in [5, 5.41) is 0.932. The molecule has 1 aliphatic heterocycles. The molecule has 9 heteroatoms. The second kappa shape index (κ2) is 8.92. The molecule has 29 heavy (non-hydrogen) atoms. The molecule has 0 saturated heterocycles. The van der Waals surface area contributed by atoms with Crippen LogP contribution in [0.4, 0.5) is 10.5 Å². The lowest BCUT2D eigenvalue weighted by atomic mass is 10.0. The van der Waals surface area contributed by atoms with Gasteiger partial charge in [-0.15, -0.1) is 0 Å². The van der Waals surface area contributed by atoms with Gasteiger partial charge in [-0.05, 0) is 66.8 Å². The predicted molar refractivity (Wildman–Crippen MR) is 114 cm³/mol. The van der Waals surface area contributed by atoms with Crippen molar-refractivity contribution in [1.29, 1.82) is 0 Å². The molecule has 0 fully saturated rings. The first kappa shape index (κ1) is 21.9. The predicted octanol–water partition coefficient (Wildman–Crippen LogP) is 4.94. The monoisotopic (exact) mass is 456 g/mol. The Morgan fingerprint density at radius 1 is 1.24 bits per heavy atom. The Bertz CT molecular complexity index is 1030. The Hall–Kier alpha value is -1.80. The molecule has 1 amide bonds. The van der Waals surface area contributed by atoms with Crippen LogP contribution < -0.4 is 9.62 Å². The third-order valence-electron chi connectivity index (χ3n) is 4.91. The summed E-state index contributed by atoms with van der Waals surface area (Å²) in [4.78, 5) is 13.6. The van der Waals surface area contributed by atoms with Gasteiger partial charge in [-0.2, -0.15) is 0 Å². The van der Waals surface area contributed by atoms with Gasteiger partial charge in [0.2, 0.25) is 10.0 Å². The topological polar surface area (TPSA) is 75.7 Å². The minimum Gasteiger partial charge on any atom is -0.452 e. The molecule has 6 nitrogen and oxygen atoms in total. The SMILES string of the molecule is CCC(NS(=O)(=O)c1ccc2c(c1)CCCN2C(=O)OC)c1cc(Cl)ccc1Cl. The number of aryl methyl sites for hydroxylation is 1. The van der Waals surface area contributed by atoms with Crippen LogP contribution in [-0.2, 0) is 21.2 Å². The number of anilines is 1. The van der Waals surface area contributed by atoms with Gasteiger partial charge in [0.1, 0.15) is 0 Å². The Labute approximate surface area is 180 Å². The maximum absolute atomic E-state index is 13.0. The van der Waals surface area contributed by atoms with E-state index in [2.05, 4.69) is 4.72 Å². The zero-order valence-corrected chi connectivity index (χ0v) is 18.4. The lowest BCUT2D eigenvalue weighted by Gasteiger charge is -2.28. The van der Waals surface area contributed by atoms with Crippen LogP contribution in [0.5, 0.6) is 0 Å². The van der Waals surface area contributed by atoms with Gasteiger partial charge in [0.25, 0.3) is 0 Å². The molecule has 1 aliphatic rings. The third-order valence-corrected chi connectivity index (χ3v) is 6.96. The summed E-state index contributed by atoms with van der Waals surface area (Å²) in [5.74, 6) is 0. The first-order chi connectivity index (χ1) is 13.8. The van der Waals surface area contributed by atoms with Gasteiger partial charge in [0, 0.05) is 22.6 Å². The second-order valence-electron chi connectivity index (χ2n) is 6.76. The van der Waals surface area contributed by atoms with Crippen LogP contribution in [0, 0.1) is 0 Å². The smallest absolute Gasteiger partial charge is 0.414 e. The number of sulfonamides is 1. The summed E-state index contributed by atoms with van der Waals surface area (Å²) < 4.78 is 33.6. The van der Waals surface area contributed by atoms with Crippen LogP contribution >= 0.6 is 23.2 Å². The normalized spacial score (nSPS) is 15.0. The molecule has 3 rings (SSSR count). The van der Waals surface area contributed by atoms with E-state index in [4.69, 9.17) is 27.9 Å². The number of hydrogen-bond donors (Lipinski definition) is 1. The van der Waals surface area contributed by atoms with E-state index in [1.807, 2.05) is 6.92 Å². The Kier molecular flexibility index (Phi) is 6.73. The van der Waals surface area contributed by atoms with Gasteiger partial charge in [0.05, 0.1) is 17.7 Å². The van der Waals surface area contributed by atoms with Crippen molar-refractivity contribution in [3.63, 3.8) is 0 Å². The number of amides is 1. The number of carbonyl (C=O) groups excluding carboxylic acids is 1. The first-order valence-electron chi connectivity index (χ1n) is 9.22. The standard InChI is InChI=1S/C20H22Cl2N2O4S/c1-3-18(16-12-14(21)6-8-17(16)22)23-29(26,27)15-7-9-19-13(11-15)5-4-10-24(19)20(25)28-2/h6-9,11-12,18,23H,3-5,10H2,1-2H3. The van der Waals surface area contributed by atoms with Crippen LogP contribution in [0.25, 0.3) is 0 Å². The van der Waals surface area contributed by atoms with Crippen LogP contribution in [0.3, 0.4) is 0 Å². The Morgan fingerprint density at radius 2 is 2.00 bits per heavy atom. The van der Waals surface area contributed by atoms with Crippen molar-refractivity contribution in [2.75, 3.05) is 18.6 Å². The third kappa shape index (κ3) is 4.69. The molecule has 2 aromatic carbocycles. The number of nitrogens with zero attached hydrogens (tertiary/aromatic N) is 1. The average molecular weight is 457 g/mol. The van der Waals surface area contributed by atoms with Gasteiger partial charge >= 0.3 is 6.09 Å². The lowest BCUT2D eigenvalue weighted by molar-refractivity contribution is 0.178. The summed E-state index contributed by atoms with van der Waals surface area (Å²) in [7, 11) is -2.49. The van der Waals surface area contributed by atoms with E-state index in [9.17, 15) is 13.2 Å². The Morgan fingerprint density at radius 3 is 2.69 bits per heavy atom. The molecule has 1 heterocycles. The fourth-order valence-corrected chi connectivity index (χ4v) is 5.22. The van der Waals surface area contributed by atoms with Crippen LogP contribution in [0.1, 0.15) is 36.9 Å². The molecule has 2 aromatic rings. The number of halogens is 2. The molecular formula is C20H22Cl2N2O4S. The molecule has 0 aromatic heterocycles. The van der Waals surface area contributed by atoms with Crippen molar-refractivity contribution in [3.05, 3.63) is 57.6 Å². The molecule has 0 radical (unpaired) electrons. The first-order valence-corrected chi connectivity index (χ1v) is 11.5. The van der Waals surface area contributed by atoms with Crippen molar-refractivity contribution < 1.29 is 17.9 Å².